The number of terminal acetylenes is 1. The second-order valence-corrected chi connectivity index (χ2v) is 3.52. The van der Waals surface area contributed by atoms with Gasteiger partial charge in [0, 0.05) is 0 Å². The lowest BCUT2D eigenvalue weighted by Crippen LogP contribution is -2.13. The third-order valence-electron chi connectivity index (χ3n) is 2.32. The molecule has 0 bridgehead atoms. The molecule has 0 unspecified atom stereocenters. The molecule has 0 saturated carbocycles. The zero-order valence-electron chi connectivity index (χ0n) is 10.0. The Labute approximate surface area is 105 Å². The van der Waals surface area contributed by atoms with Crippen molar-refractivity contribution in [1.29, 1.82) is 0 Å². The Balaban J connectivity index is 2.16. The lowest BCUT2D eigenvalue weighted by molar-refractivity contribution is 0.370. The Morgan fingerprint density at radius 3 is 3.06 bits per heavy atom. The summed E-state index contributed by atoms with van der Waals surface area (Å²) in [6.45, 7) is 0.915. The van der Waals surface area contributed by atoms with E-state index in [1.807, 2.05) is 24.3 Å². The molecular formula is C13H13N3O2. The summed E-state index contributed by atoms with van der Waals surface area (Å²) in [5, 5.41) is 6.90. The second kappa shape index (κ2) is 5.84. The Kier molecular flexibility index (Phi) is 3.94. The van der Waals surface area contributed by atoms with E-state index in [9.17, 15) is 0 Å². The fraction of sp³-hybridized carbons (Fsp3) is 0.231. The average molecular weight is 243 g/mol. The summed E-state index contributed by atoms with van der Waals surface area (Å²) >= 11 is 0. The first kappa shape index (κ1) is 12.1. The molecule has 1 heterocycles. The van der Waals surface area contributed by atoms with Gasteiger partial charge in [0.15, 0.2) is 0 Å². The van der Waals surface area contributed by atoms with Gasteiger partial charge in [-0.1, -0.05) is 23.2 Å². The monoisotopic (exact) mass is 243 g/mol. The summed E-state index contributed by atoms with van der Waals surface area (Å²) in [6, 6.07) is 7.51. The van der Waals surface area contributed by atoms with Crippen molar-refractivity contribution in [3.63, 3.8) is 0 Å². The molecule has 0 spiro atoms. The van der Waals surface area contributed by atoms with Crippen molar-refractivity contribution in [2.75, 3.05) is 13.7 Å². The lowest BCUT2D eigenvalue weighted by atomic mass is 10.2. The molecule has 0 fully saturated rings. The van der Waals surface area contributed by atoms with Crippen molar-refractivity contribution >= 4 is 0 Å². The number of ether oxygens (including phenoxy) is 1. The van der Waals surface area contributed by atoms with Gasteiger partial charge in [-0.05, 0) is 12.1 Å². The van der Waals surface area contributed by atoms with Gasteiger partial charge in [0.1, 0.15) is 5.75 Å². The van der Waals surface area contributed by atoms with Crippen LogP contribution in [0.25, 0.3) is 11.4 Å². The molecule has 5 heteroatoms. The maximum atomic E-state index is 5.24. The molecule has 0 radical (unpaired) electrons. The van der Waals surface area contributed by atoms with Gasteiger partial charge in [-0.25, -0.2) is 0 Å². The van der Waals surface area contributed by atoms with Gasteiger partial charge in [-0.15, -0.1) is 6.42 Å². The molecule has 0 aliphatic heterocycles. The van der Waals surface area contributed by atoms with Gasteiger partial charge >= 0.3 is 0 Å². The fourth-order valence-corrected chi connectivity index (χ4v) is 1.51. The van der Waals surface area contributed by atoms with Crippen molar-refractivity contribution in [2.45, 2.75) is 6.54 Å². The zero-order chi connectivity index (χ0) is 12.8. The number of para-hydroxylation sites is 1. The SMILES string of the molecule is C#CCNCc1nc(-c2ccccc2OC)no1. The number of nitrogens with zero attached hydrogens (tertiary/aromatic N) is 2. The van der Waals surface area contributed by atoms with Crippen molar-refractivity contribution in [1.82, 2.24) is 15.5 Å². The Morgan fingerprint density at radius 2 is 2.28 bits per heavy atom. The number of hydrogen-bond donors (Lipinski definition) is 1. The van der Waals surface area contributed by atoms with Crippen molar-refractivity contribution in [2.24, 2.45) is 0 Å². The van der Waals surface area contributed by atoms with E-state index in [-0.39, 0.29) is 0 Å². The molecule has 0 saturated heterocycles. The van der Waals surface area contributed by atoms with Gasteiger partial charge in [0.25, 0.3) is 0 Å². The minimum atomic E-state index is 0.451. The molecule has 0 amide bonds. The molecular weight excluding hydrogens is 230 g/mol. The largest absolute Gasteiger partial charge is 0.496 e. The molecule has 0 aliphatic carbocycles. The highest BCUT2D eigenvalue weighted by Crippen LogP contribution is 2.26. The van der Waals surface area contributed by atoms with Crippen molar-refractivity contribution in [3.05, 3.63) is 30.2 Å². The third-order valence-corrected chi connectivity index (χ3v) is 2.32. The summed E-state index contributed by atoms with van der Waals surface area (Å²) < 4.78 is 10.4. The van der Waals surface area contributed by atoms with E-state index in [1.165, 1.54) is 0 Å². The average Bonchev–Trinajstić information content (AvgIpc) is 2.88. The third kappa shape index (κ3) is 2.67. The van der Waals surface area contributed by atoms with Crippen LogP contribution < -0.4 is 10.1 Å². The number of methoxy groups -OCH3 is 1. The molecule has 2 rings (SSSR count). The van der Waals surface area contributed by atoms with E-state index < -0.39 is 0 Å². The Hall–Kier alpha value is -2.32. The molecule has 92 valence electrons. The number of benzene rings is 1. The summed E-state index contributed by atoms with van der Waals surface area (Å²) in [5.41, 5.74) is 0.798. The highest BCUT2D eigenvalue weighted by Gasteiger charge is 2.12. The minimum Gasteiger partial charge on any atom is -0.496 e. The highest BCUT2D eigenvalue weighted by molar-refractivity contribution is 5.63. The maximum absolute atomic E-state index is 5.24. The number of rotatable bonds is 5. The standard InChI is InChI=1S/C13H13N3O2/c1-3-8-14-9-12-15-13(16-18-12)10-6-4-5-7-11(10)17-2/h1,4-7,14H,8-9H2,2H3. The van der Waals surface area contributed by atoms with Gasteiger partial charge in [0.05, 0.1) is 25.8 Å². The van der Waals surface area contributed by atoms with Crippen LogP contribution in [0, 0.1) is 12.3 Å². The first-order valence-electron chi connectivity index (χ1n) is 5.45. The molecule has 18 heavy (non-hydrogen) atoms. The van der Waals surface area contributed by atoms with E-state index in [0.29, 0.717) is 30.6 Å². The van der Waals surface area contributed by atoms with Crippen LogP contribution >= 0.6 is 0 Å². The van der Waals surface area contributed by atoms with Crippen LogP contribution in [-0.4, -0.2) is 23.8 Å². The highest BCUT2D eigenvalue weighted by atomic mass is 16.5. The van der Waals surface area contributed by atoms with E-state index >= 15 is 0 Å². The molecule has 0 aliphatic rings. The molecule has 2 aromatic rings. The maximum Gasteiger partial charge on any atom is 0.240 e. The lowest BCUT2D eigenvalue weighted by Gasteiger charge is -2.02. The number of aromatic nitrogens is 2. The van der Waals surface area contributed by atoms with Crippen molar-refractivity contribution in [3.8, 4) is 29.5 Å². The van der Waals surface area contributed by atoms with Crippen LogP contribution in [0.2, 0.25) is 0 Å². The topological polar surface area (TPSA) is 60.2 Å². The van der Waals surface area contributed by atoms with Gasteiger partial charge in [-0.2, -0.15) is 4.98 Å². The summed E-state index contributed by atoms with van der Waals surface area (Å²) in [7, 11) is 1.61. The normalized spacial score (nSPS) is 10.0. The molecule has 1 N–H and O–H groups in total. The van der Waals surface area contributed by atoms with E-state index in [4.69, 9.17) is 15.7 Å². The van der Waals surface area contributed by atoms with Gasteiger partial charge in [0.2, 0.25) is 11.7 Å². The van der Waals surface area contributed by atoms with Crippen LogP contribution in [-0.2, 0) is 6.54 Å². The Morgan fingerprint density at radius 1 is 1.44 bits per heavy atom. The van der Waals surface area contributed by atoms with Crippen LogP contribution in [0.15, 0.2) is 28.8 Å². The predicted molar refractivity (Wildman–Crippen MR) is 66.8 cm³/mol. The smallest absolute Gasteiger partial charge is 0.240 e. The number of nitrogens with one attached hydrogen (secondary N) is 1. The number of hydrogen-bond acceptors (Lipinski definition) is 5. The Bertz CT molecular complexity index is 557. The van der Waals surface area contributed by atoms with E-state index in [0.717, 1.165) is 5.56 Å². The van der Waals surface area contributed by atoms with E-state index in [2.05, 4.69) is 21.4 Å². The first-order valence-corrected chi connectivity index (χ1v) is 5.45. The second-order valence-electron chi connectivity index (χ2n) is 3.52. The van der Waals surface area contributed by atoms with Crippen LogP contribution in [0.1, 0.15) is 5.89 Å². The van der Waals surface area contributed by atoms with E-state index in [1.54, 1.807) is 7.11 Å². The van der Waals surface area contributed by atoms with Gasteiger partial charge < -0.3 is 9.26 Å². The van der Waals surface area contributed by atoms with Crippen LogP contribution in [0.3, 0.4) is 0 Å². The minimum absolute atomic E-state index is 0.451. The zero-order valence-corrected chi connectivity index (χ0v) is 10.0. The van der Waals surface area contributed by atoms with Gasteiger partial charge in [-0.3, -0.25) is 5.32 Å². The summed E-state index contributed by atoms with van der Waals surface area (Å²) in [5.74, 6) is 4.18. The summed E-state index contributed by atoms with van der Waals surface area (Å²) in [4.78, 5) is 4.27. The predicted octanol–water partition coefficient (Wildman–Crippen LogP) is 1.47. The van der Waals surface area contributed by atoms with Crippen LogP contribution in [0.4, 0.5) is 0 Å². The quantitative estimate of drug-likeness (QED) is 0.636. The molecule has 5 nitrogen and oxygen atoms in total. The van der Waals surface area contributed by atoms with Crippen LogP contribution in [0.5, 0.6) is 5.75 Å². The summed E-state index contributed by atoms with van der Waals surface area (Å²) in [6.07, 6.45) is 5.13. The molecule has 1 aromatic heterocycles. The van der Waals surface area contributed by atoms with Crippen molar-refractivity contribution < 1.29 is 9.26 Å². The fourth-order valence-electron chi connectivity index (χ4n) is 1.51. The first-order chi connectivity index (χ1) is 8.85. The molecule has 1 aromatic carbocycles. The molecule has 0 atom stereocenters.